The van der Waals surface area contributed by atoms with Crippen molar-refractivity contribution in [3.8, 4) is 0 Å². The van der Waals surface area contributed by atoms with E-state index in [0.29, 0.717) is 6.54 Å². The smallest absolute Gasteiger partial charge is 0.286 e. The van der Waals surface area contributed by atoms with Gasteiger partial charge in [0.25, 0.3) is 5.91 Å². The lowest BCUT2D eigenvalue weighted by Crippen LogP contribution is -2.31. The number of hydrogen-bond donors (Lipinski definition) is 2. The van der Waals surface area contributed by atoms with Gasteiger partial charge in [-0.25, -0.2) is 0 Å². The highest BCUT2D eigenvalue weighted by atomic mass is 16.3. The quantitative estimate of drug-likeness (QED) is 0.812. The third-order valence-corrected chi connectivity index (χ3v) is 3.94. The molecular formula is C20H26N2O3. The van der Waals surface area contributed by atoms with E-state index in [-0.39, 0.29) is 36.0 Å². The maximum Gasteiger partial charge on any atom is 0.286 e. The Bertz CT molecular complexity index is 683. The van der Waals surface area contributed by atoms with E-state index in [1.165, 1.54) is 17.4 Å². The van der Waals surface area contributed by atoms with Crippen molar-refractivity contribution in [2.24, 2.45) is 0 Å². The normalized spacial score (nSPS) is 11.2. The second-order valence-corrected chi connectivity index (χ2v) is 7.03. The van der Waals surface area contributed by atoms with E-state index in [4.69, 9.17) is 4.42 Å². The zero-order valence-electron chi connectivity index (χ0n) is 15.1. The summed E-state index contributed by atoms with van der Waals surface area (Å²) in [4.78, 5) is 23.4. The summed E-state index contributed by atoms with van der Waals surface area (Å²) in [5, 5.41) is 5.52. The van der Waals surface area contributed by atoms with Gasteiger partial charge in [-0.15, -0.1) is 0 Å². The monoisotopic (exact) mass is 342 g/mol. The molecule has 1 heterocycles. The number of carbonyl (C=O) groups excluding carboxylic acids is 2. The molecule has 25 heavy (non-hydrogen) atoms. The Balaban J connectivity index is 1.64. The van der Waals surface area contributed by atoms with Crippen molar-refractivity contribution in [3.05, 3.63) is 59.5 Å². The molecule has 0 radical (unpaired) electrons. The van der Waals surface area contributed by atoms with Crippen molar-refractivity contribution in [1.82, 2.24) is 10.6 Å². The molecule has 0 saturated carbocycles. The topological polar surface area (TPSA) is 71.3 Å². The fourth-order valence-electron chi connectivity index (χ4n) is 2.39. The standard InChI is InChI=1S/C20H26N2O3/c1-20(2,3)16-8-6-15(7-9-16)10-12-21-18(23)11-13-22-19(24)17-5-4-14-25-17/h4-9,14H,10-13H2,1-3H3,(H,21,23)(H,22,24). The van der Waals surface area contributed by atoms with Gasteiger partial charge in [-0.1, -0.05) is 45.0 Å². The highest BCUT2D eigenvalue weighted by Gasteiger charge is 2.13. The lowest BCUT2D eigenvalue weighted by Gasteiger charge is -2.19. The third-order valence-electron chi connectivity index (χ3n) is 3.94. The van der Waals surface area contributed by atoms with E-state index in [1.807, 2.05) is 0 Å². The molecule has 1 aromatic carbocycles. The Morgan fingerprint density at radius 2 is 1.72 bits per heavy atom. The summed E-state index contributed by atoms with van der Waals surface area (Å²) in [5.41, 5.74) is 2.64. The summed E-state index contributed by atoms with van der Waals surface area (Å²) >= 11 is 0. The van der Waals surface area contributed by atoms with Crippen molar-refractivity contribution in [3.63, 3.8) is 0 Å². The van der Waals surface area contributed by atoms with Crippen LogP contribution >= 0.6 is 0 Å². The maximum atomic E-state index is 11.8. The predicted molar refractivity (Wildman–Crippen MR) is 97.5 cm³/mol. The van der Waals surface area contributed by atoms with Gasteiger partial charge in [0.1, 0.15) is 0 Å². The van der Waals surface area contributed by atoms with Gasteiger partial charge >= 0.3 is 0 Å². The van der Waals surface area contributed by atoms with Crippen LogP contribution in [0, 0.1) is 0 Å². The van der Waals surface area contributed by atoms with E-state index in [9.17, 15) is 9.59 Å². The molecule has 5 heteroatoms. The van der Waals surface area contributed by atoms with Crippen LogP contribution in [0.2, 0.25) is 0 Å². The predicted octanol–water partition coefficient (Wildman–Crippen LogP) is 3.06. The minimum absolute atomic E-state index is 0.0777. The summed E-state index contributed by atoms with van der Waals surface area (Å²) in [5.74, 6) is -0.137. The molecule has 5 nitrogen and oxygen atoms in total. The number of carbonyl (C=O) groups is 2. The Kier molecular flexibility index (Phi) is 6.39. The molecule has 0 fully saturated rings. The van der Waals surface area contributed by atoms with Gasteiger partial charge in [-0.3, -0.25) is 9.59 Å². The molecule has 2 rings (SSSR count). The van der Waals surface area contributed by atoms with Crippen LogP contribution in [-0.2, 0) is 16.6 Å². The molecule has 2 amide bonds. The first kappa shape index (κ1) is 18.8. The highest BCUT2D eigenvalue weighted by Crippen LogP contribution is 2.22. The number of benzene rings is 1. The van der Waals surface area contributed by atoms with E-state index >= 15 is 0 Å². The SMILES string of the molecule is CC(C)(C)c1ccc(CCNC(=O)CCNC(=O)c2ccco2)cc1. The van der Waals surface area contributed by atoms with Crippen LogP contribution in [0.3, 0.4) is 0 Å². The van der Waals surface area contributed by atoms with Gasteiger partial charge < -0.3 is 15.1 Å². The molecule has 0 spiro atoms. The van der Waals surface area contributed by atoms with Crippen LogP contribution in [0.1, 0.15) is 48.9 Å². The van der Waals surface area contributed by atoms with Gasteiger partial charge in [-0.2, -0.15) is 0 Å². The fraction of sp³-hybridized carbons (Fsp3) is 0.400. The van der Waals surface area contributed by atoms with Crippen LogP contribution in [0.5, 0.6) is 0 Å². The summed E-state index contributed by atoms with van der Waals surface area (Å²) in [6.07, 6.45) is 2.47. The highest BCUT2D eigenvalue weighted by molar-refractivity contribution is 5.91. The maximum absolute atomic E-state index is 11.8. The molecule has 0 bridgehead atoms. The van der Waals surface area contributed by atoms with Crippen LogP contribution in [0.15, 0.2) is 47.1 Å². The van der Waals surface area contributed by atoms with Crippen molar-refractivity contribution < 1.29 is 14.0 Å². The number of nitrogens with one attached hydrogen (secondary N) is 2. The number of rotatable bonds is 7. The van der Waals surface area contributed by atoms with Crippen molar-refractivity contribution in [2.45, 2.75) is 39.0 Å². The van der Waals surface area contributed by atoms with Gasteiger partial charge in [0.2, 0.25) is 5.91 Å². The molecule has 1 aromatic heterocycles. The van der Waals surface area contributed by atoms with Gasteiger partial charge in [0.05, 0.1) is 6.26 Å². The number of furan rings is 1. The Labute approximate surface area is 148 Å². The van der Waals surface area contributed by atoms with E-state index in [2.05, 4.69) is 55.7 Å². The number of amides is 2. The molecule has 0 aliphatic rings. The van der Waals surface area contributed by atoms with Crippen LogP contribution in [-0.4, -0.2) is 24.9 Å². The van der Waals surface area contributed by atoms with E-state index < -0.39 is 0 Å². The molecule has 0 atom stereocenters. The largest absolute Gasteiger partial charge is 0.459 e. The second kappa shape index (κ2) is 8.51. The van der Waals surface area contributed by atoms with Crippen molar-refractivity contribution in [2.75, 3.05) is 13.1 Å². The zero-order chi connectivity index (χ0) is 18.3. The Hall–Kier alpha value is -2.56. The van der Waals surface area contributed by atoms with Gasteiger partial charge in [0.15, 0.2) is 5.76 Å². The molecule has 2 N–H and O–H groups in total. The Morgan fingerprint density at radius 1 is 1.00 bits per heavy atom. The average molecular weight is 342 g/mol. The first-order valence-electron chi connectivity index (χ1n) is 8.54. The van der Waals surface area contributed by atoms with Gasteiger partial charge in [-0.05, 0) is 35.1 Å². The number of hydrogen-bond acceptors (Lipinski definition) is 3. The van der Waals surface area contributed by atoms with Crippen molar-refractivity contribution >= 4 is 11.8 Å². The lowest BCUT2D eigenvalue weighted by molar-refractivity contribution is -0.120. The van der Waals surface area contributed by atoms with E-state index in [0.717, 1.165) is 6.42 Å². The molecule has 2 aromatic rings. The third kappa shape index (κ3) is 6.10. The van der Waals surface area contributed by atoms with Crippen molar-refractivity contribution in [1.29, 1.82) is 0 Å². The molecule has 134 valence electrons. The van der Waals surface area contributed by atoms with Gasteiger partial charge in [0, 0.05) is 19.5 Å². The van der Waals surface area contributed by atoms with Crippen LogP contribution in [0.4, 0.5) is 0 Å². The summed E-state index contributed by atoms with van der Waals surface area (Å²) in [7, 11) is 0. The molecule has 0 aliphatic heterocycles. The molecule has 0 unspecified atom stereocenters. The summed E-state index contributed by atoms with van der Waals surface area (Å²) in [6, 6.07) is 11.7. The van der Waals surface area contributed by atoms with Crippen LogP contribution in [0.25, 0.3) is 0 Å². The molecular weight excluding hydrogens is 316 g/mol. The molecule has 0 aliphatic carbocycles. The zero-order valence-corrected chi connectivity index (χ0v) is 15.1. The first-order chi connectivity index (χ1) is 11.9. The Morgan fingerprint density at radius 3 is 2.32 bits per heavy atom. The minimum Gasteiger partial charge on any atom is -0.459 e. The molecule has 0 saturated heterocycles. The summed E-state index contributed by atoms with van der Waals surface area (Å²) < 4.78 is 4.98. The second-order valence-electron chi connectivity index (χ2n) is 7.03. The first-order valence-corrected chi connectivity index (χ1v) is 8.54. The average Bonchev–Trinajstić information content (AvgIpc) is 3.09. The van der Waals surface area contributed by atoms with E-state index in [1.54, 1.807) is 12.1 Å². The lowest BCUT2D eigenvalue weighted by atomic mass is 9.86. The van der Waals surface area contributed by atoms with Crippen LogP contribution < -0.4 is 10.6 Å². The summed E-state index contributed by atoms with van der Waals surface area (Å²) in [6.45, 7) is 7.43. The fourth-order valence-corrected chi connectivity index (χ4v) is 2.39. The minimum atomic E-state index is -0.309.